The number of piperidine rings is 1. The van der Waals surface area contributed by atoms with E-state index in [0.29, 0.717) is 11.6 Å². The highest BCUT2D eigenvalue weighted by molar-refractivity contribution is 5.94. The SMILES string of the molecule is C#CCNC(=O)c1ccc(NC2CCN(c3cc(CC)ncn3)CC2)nc1. The normalized spacial score (nSPS) is 14.4. The number of hydrogen-bond acceptors (Lipinski definition) is 6. The maximum absolute atomic E-state index is 11.8. The van der Waals surface area contributed by atoms with Crippen molar-refractivity contribution in [2.45, 2.75) is 32.2 Å². The van der Waals surface area contributed by atoms with Gasteiger partial charge < -0.3 is 15.5 Å². The van der Waals surface area contributed by atoms with Crippen LogP contribution in [-0.2, 0) is 6.42 Å². The van der Waals surface area contributed by atoms with E-state index in [9.17, 15) is 4.79 Å². The highest BCUT2D eigenvalue weighted by Gasteiger charge is 2.20. The third-order valence-electron chi connectivity index (χ3n) is 4.62. The van der Waals surface area contributed by atoms with Crippen molar-refractivity contribution >= 4 is 17.5 Å². The molecule has 2 aromatic rings. The number of amides is 1. The first-order valence-corrected chi connectivity index (χ1v) is 9.19. The van der Waals surface area contributed by atoms with Crippen LogP contribution in [0, 0.1) is 12.3 Å². The summed E-state index contributed by atoms with van der Waals surface area (Å²) in [6, 6.07) is 6.00. The lowest BCUT2D eigenvalue weighted by Crippen LogP contribution is -2.39. The second-order valence-corrected chi connectivity index (χ2v) is 6.45. The molecule has 0 aliphatic carbocycles. The lowest BCUT2D eigenvalue weighted by molar-refractivity contribution is 0.0958. The number of carbonyl (C=O) groups excluding carboxylic acids is 1. The van der Waals surface area contributed by atoms with Gasteiger partial charge in [-0.2, -0.15) is 0 Å². The molecule has 7 nitrogen and oxygen atoms in total. The Morgan fingerprint density at radius 2 is 2.11 bits per heavy atom. The predicted molar refractivity (Wildman–Crippen MR) is 106 cm³/mol. The van der Waals surface area contributed by atoms with Crippen LogP contribution < -0.4 is 15.5 Å². The van der Waals surface area contributed by atoms with Crippen LogP contribution in [-0.4, -0.2) is 46.5 Å². The summed E-state index contributed by atoms with van der Waals surface area (Å²) in [6.45, 7) is 4.18. The zero-order chi connectivity index (χ0) is 19.1. The molecule has 7 heteroatoms. The molecule has 140 valence electrons. The Morgan fingerprint density at radius 3 is 2.78 bits per heavy atom. The maximum Gasteiger partial charge on any atom is 0.253 e. The molecule has 3 rings (SSSR count). The highest BCUT2D eigenvalue weighted by atomic mass is 16.1. The van der Waals surface area contributed by atoms with E-state index in [1.165, 1.54) is 0 Å². The molecule has 3 heterocycles. The Bertz CT molecular complexity index is 806. The van der Waals surface area contributed by atoms with Crippen LogP contribution in [0.3, 0.4) is 0 Å². The molecule has 2 aromatic heterocycles. The van der Waals surface area contributed by atoms with Crippen molar-refractivity contribution in [3.63, 3.8) is 0 Å². The summed E-state index contributed by atoms with van der Waals surface area (Å²) in [7, 11) is 0. The Hall–Kier alpha value is -3.14. The second kappa shape index (κ2) is 8.99. The molecule has 1 aliphatic heterocycles. The van der Waals surface area contributed by atoms with Crippen molar-refractivity contribution in [1.82, 2.24) is 20.3 Å². The molecule has 0 unspecified atom stereocenters. The first-order valence-electron chi connectivity index (χ1n) is 9.19. The van der Waals surface area contributed by atoms with E-state index in [4.69, 9.17) is 6.42 Å². The molecule has 2 N–H and O–H groups in total. The third-order valence-corrected chi connectivity index (χ3v) is 4.62. The van der Waals surface area contributed by atoms with Crippen molar-refractivity contribution in [1.29, 1.82) is 0 Å². The van der Waals surface area contributed by atoms with Gasteiger partial charge in [0.1, 0.15) is 18.0 Å². The van der Waals surface area contributed by atoms with E-state index in [1.807, 2.05) is 6.07 Å². The van der Waals surface area contributed by atoms with Crippen LogP contribution in [0.25, 0.3) is 0 Å². The summed E-state index contributed by atoms with van der Waals surface area (Å²) >= 11 is 0. The number of anilines is 2. The fraction of sp³-hybridized carbons (Fsp3) is 0.400. The maximum atomic E-state index is 11.8. The molecule has 1 fully saturated rings. The van der Waals surface area contributed by atoms with E-state index in [-0.39, 0.29) is 12.5 Å². The third kappa shape index (κ3) is 4.94. The van der Waals surface area contributed by atoms with Gasteiger partial charge in [-0.15, -0.1) is 6.42 Å². The zero-order valence-electron chi connectivity index (χ0n) is 15.5. The van der Waals surface area contributed by atoms with Gasteiger partial charge in [0.05, 0.1) is 12.1 Å². The van der Waals surface area contributed by atoms with Crippen LogP contribution in [0.4, 0.5) is 11.6 Å². The average molecular weight is 364 g/mol. The van der Waals surface area contributed by atoms with E-state index in [1.54, 1.807) is 18.6 Å². The van der Waals surface area contributed by atoms with Crippen molar-refractivity contribution in [3.8, 4) is 12.3 Å². The van der Waals surface area contributed by atoms with E-state index >= 15 is 0 Å². The van der Waals surface area contributed by atoms with Crippen molar-refractivity contribution in [2.24, 2.45) is 0 Å². The molecule has 1 saturated heterocycles. The molecule has 0 bridgehead atoms. The number of carbonyl (C=O) groups is 1. The predicted octanol–water partition coefficient (Wildman–Crippen LogP) is 1.88. The van der Waals surface area contributed by atoms with Crippen molar-refractivity contribution in [3.05, 3.63) is 42.0 Å². The smallest absolute Gasteiger partial charge is 0.253 e. The summed E-state index contributed by atoms with van der Waals surface area (Å²) in [5.41, 5.74) is 1.57. The highest BCUT2D eigenvalue weighted by Crippen LogP contribution is 2.20. The van der Waals surface area contributed by atoms with Crippen LogP contribution in [0.5, 0.6) is 0 Å². The number of nitrogens with zero attached hydrogens (tertiary/aromatic N) is 4. The molecular weight excluding hydrogens is 340 g/mol. The molecule has 0 atom stereocenters. The monoisotopic (exact) mass is 364 g/mol. The lowest BCUT2D eigenvalue weighted by atomic mass is 10.0. The van der Waals surface area contributed by atoms with Gasteiger partial charge in [-0.3, -0.25) is 4.79 Å². The molecule has 0 radical (unpaired) electrons. The molecule has 0 saturated carbocycles. The Labute approximate surface area is 159 Å². The van der Waals surface area contributed by atoms with Gasteiger partial charge in [0.15, 0.2) is 0 Å². The van der Waals surface area contributed by atoms with Crippen molar-refractivity contribution in [2.75, 3.05) is 29.9 Å². The summed E-state index contributed by atoms with van der Waals surface area (Å²) in [4.78, 5) is 27.1. The molecule has 0 aromatic carbocycles. The van der Waals surface area contributed by atoms with E-state index in [2.05, 4.69) is 49.4 Å². The number of hydrogen-bond donors (Lipinski definition) is 2. The van der Waals surface area contributed by atoms with E-state index in [0.717, 1.165) is 49.7 Å². The number of nitrogens with one attached hydrogen (secondary N) is 2. The Morgan fingerprint density at radius 1 is 1.30 bits per heavy atom. The summed E-state index contributed by atoms with van der Waals surface area (Å²) in [5.74, 6) is 3.94. The van der Waals surface area contributed by atoms with Crippen LogP contribution in [0.15, 0.2) is 30.7 Å². The largest absolute Gasteiger partial charge is 0.367 e. The Balaban J connectivity index is 1.51. The number of aromatic nitrogens is 3. The van der Waals surface area contributed by atoms with Gasteiger partial charge in [0.25, 0.3) is 5.91 Å². The van der Waals surface area contributed by atoms with Crippen molar-refractivity contribution < 1.29 is 4.79 Å². The summed E-state index contributed by atoms with van der Waals surface area (Å²) in [6.07, 6.45) is 11.3. The Kier molecular flexibility index (Phi) is 6.21. The quantitative estimate of drug-likeness (QED) is 0.762. The summed E-state index contributed by atoms with van der Waals surface area (Å²) in [5, 5.41) is 6.08. The first kappa shape index (κ1) is 18.6. The van der Waals surface area contributed by atoms with Gasteiger partial charge in [0, 0.05) is 37.1 Å². The van der Waals surface area contributed by atoms with Crippen LogP contribution in [0.1, 0.15) is 35.8 Å². The number of pyridine rings is 1. The molecule has 1 amide bonds. The molecule has 27 heavy (non-hydrogen) atoms. The first-order chi connectivity index (χ1) is 13.2. The van der Waals surface area contributed by atoms with E-state index < -0.39 is 0 Å². The van der Waals surface area contributed by atoms with Gasteiger partial charge in [0.2, 0.25) is 0 Å². The average Bonchev–Trinajstić information content (AvgIpc) is 2.73. The van der Waals surface area contributed by atoms with Gasteiger partial charge in [-0.05, 0) is 31.4 Å². The topological polar surface area (TPSA) is 83.0 Å². The molecule has 0 spiro atoms. The summed E-state index contributed by atoms with van der Waals surface area (Å²) < 4.78 is 0. The number of aryl methyl sites for hydroxylation is 1. The van der Waals surface area contributed by atoms with Gasteiger partial charge in [-0.1, -0.05) is 12.8 Å². The molecular formula is C20H24N6O. The van der Waals surface area contributed by atoms with Crippen LogP contribution >= 0.6 is 0 Å². The molecule has 1 aliphatic rings. The number of terminal acetylenes is 1. The zero-order valence-corrected chi connectivity index (χ0v) is 15.5. The minimum atomic E-state index is -0.211. The minimum Gasteiger partial charge on any atom is -0.367 e. The fourth-order valence-corrected chi connectivity index (χ4v) is 3.06. The van der Waals surface area contributed by atoms with Gasteiger partial charge >= 0.3 is 0 Å². The van der Waals surface area contributed by atoms with Gasteiger partial charge in [-0.25, -0.2) is 15.0 Å². The lowest BCUT2D eigenvalue weighted by Gasteiger charge is -2.33. The fourth-order valence-electron chi connectivity index (χ4n) is 3.06. The number of rotatable bonds is 6. The van der Waals surface area contributed by atoms with Crippen LogP contribution in [0.2, 0.25) is 0 Å². The standard InChI is InChI=1S/C20H24N6O/c1-3-9-21-20(27)15-5-6-18(22-13-15)25-17-7-10-26(11-8-17)19-12-16(4-2)23-14-24-19/h1,5-6,12-14,17H,4,7-11H2,2H3,(H,21,27)(H,22,25). The minimum absolute atomic E-state index is 0.211. The second-order valence-electron chi connectivity index (χ2n) is 6.45.